The smallest absolute Gasteiger partial charge is 0.0126 e. The Kier molecular flexibility index (Phi) is 2.35. The molecule has 0 bridgehead atoms. The van der Waals surface area contributed by atoms with Gasteiger partial charge in [0.15, 0.2) is 0 Å². The normalized spacial score (nSPS) is 35.0. The van der Waals surface area contributed by atoms with Gasteiger partial charge in [0.05, 0.1) is 0 Å². The van der Waals surface area contributed by atoms with Gasteiger partial charge in [-0.2, -0.15) is 0 Å². The largest absolute Gasteiger partial charge is 0.311 e. The van der Waals surface area contributed by atoms with Crippen molar-refractivity contribution in [3.63, 3.8) is 0 Å². The van der Waals surface area contributed by atoms with Gasteiger partial charge >= 0.3 is 0 Å². The van der Waals surface area contributed by atoms with Gasteiger partial charge in [-0.3, -0.25) is 0 Å². The molecule has 0 radical (unpaired) electrons. The van der Waals surface area contributed by atoms with E-state index < -0.39 is 0 Å². The van der Waals surface area contributed by atoms with Crippen LogP contribution >= 0.6 is 0 Å². The first-order valence-corrected chi connectivity index (χ1v) is 6.90. The maximum atomic E-state index is 4.00. The zero-order chi connectivity index (χ0) is 10.5. The first-order valence-electron chi connectivity index (χ1n) is 6.90. The number of hydrogen-bond acceptors (Lipinski definition) is 1. The average Bonchev–Trinajstić information content (AvgIpc) is 3.02. The minimum atomic E-state index is 0.606. The average molecular weight is 207 g/mol. The SMILES string of the molecule is CC1(C)CCC(NC(C2CC2)C2CC2)C1. The first kappa shape index (κ1) is 10.1. The molecule has 0 spiro atoms. The maximum Gasteiger partial charge on any atom is 0.0126 e. The molecule has 1 unspecified atom stereocenters. The lowest BCUT2D eigenvalue weighted by Gasteiger charge is -2.24. The van der Waals surface area contributed by atoms with E-state index in [9.17, 15) is 0 Å². The van der Waals surface area contributed by atoms with E-state index in [0.29, 0.717) is 5.41 Å². The van der Waals surface area contributed by atoms with Gasteiger partial charge in [-0.05, 0) is 62.2 Å². The van der Waals surface area contributed by atoms with Crippen LogP contribution in [0.4, 0.5) is 0 Å². The predicted molar refractivity (Wildman–Crippen MR) is 63.8 cm³/mol. The third-order valence-electron chi connectivity index (χ3n) is 4.66. The highest BCUT2D eigenvalue weighted by Gasteiger charge is 2.43. The molecule has 3 aliphatic rings. The van der Waals surface area contributed by atoms with E-state index in [4.69, 9.17) is 0 Å². The van der Waals surface area contributed by atoms with E-state index in [-0.39, 0.29) is 0 Å². The van der Waals surface area contributed by atoms with Crippen LogP contribution in [0.15, 0.2) is 0 Å². The molecule has 0 aromatic heterocycles. The fraction of sp³-hybridized carbons (Fsp3) is 1.00. The van der Waals surface area contributed by atoms with E-state index >= 15 is 0 Å². The molecule has 0 aromatic carbocycles. The molecule has 0 amide bonds. The molecular weight excluding hydrogens is 182 g/mol. The molecule has 3 fully saturated rings. The standard InChI is InChI=1S/C14H25N/c1-14(2)8-7-12(9-14)15-13(10-3-4-10)11-5-6-11/h10-13,15H,3-9H2,1-2H3. The van der Waals surface area contributed by atoms with Crippen molar-refractivity contribution in [2.24, 2.45) is 17.3 Å². The van der Waals surface area contributed by atoms with E-state index in [1.807, 2.05) is 0 Å². The van der Waals surface area contributed by atoms with Crippen molar-refractivity contribution in [1.29, 1.82) is 0 Å². The van der Waals surface area contributed by atoms with Gasteiger partial charge in [0.25, 0.3) is 0 Å². The van der Waals surface area contributed by atoms with Crippen LogP contribution in [0.3, 0.4) is 0 Å². The Hall–Kier alpha value is -0.0400. The Morgan fingerprint density at radius 2 is 1.60 bits per heavy atom. The second kappa shape index (κ2) is 3.48. The van der Waals surface area contributed by atoms with E-state index in [2.05, 4.69) is 19.2 Å². The van der Waals surface area contributed by atoms with Crippen LogP contribution in [0.2, 0.25) is 0 Å². The summed E-state index contributed by atoms with van der Waals surface area (Å²) in [5, 5.41) is 4.00. The molecule has 1 atom stereocenters. The quantitative estimate of drug-likeness (QED) is 0.745. The fourth-order valence-corrected chi connectivity index (χ4v) is 3.42. The number of hydrogen-bond donors (Lipinski definition) is 1. The molecule has 15 heavy (non-hydrogen) atoms. The third-order valence-corrected chi connectivity index (χ3v) is 4.66. The van der Waals surface area contributed by atoms with Gasteiger partial charge in [0.1, 0.15) is 0 Å². The predicted octanol–water partition coefficient (Wildman–Crippen LogP) is 3.34. The van der Waals surface area contributed by atoms with Crippen LogP contribution < -0.4 is 5.32 Å². The van der Waals surface area contributed by atoms with Crippen LogP contribution in [0.25, 0.3) is 0 Å². The molecule has 1 heteroatoms. The fourth-order valence-electron chi connectivity index (χ4n) is 3.42. The van der Waals surface area contributed by atoms with Crippen molar-refractivity contribution < 1.29 is 0 Å². The summed E-state index contributed by atoms with van der Waals surface area (Å²) in [5.41, 5.74) is 0.606. The topological polar surface area (TPSA) is 12.0 Å². The van der Waals surface area contributed by atoms with E-state index in [1.54, 1.807) is 0 Å². The highest BCUT2D eigenvalue weighted by Crippen LogP contribution is 2.46. The lowest BCUT2D eigenvalue weighted by atomic mass is 9.91. The monoisotopic (exact) mass is 207 g/mol. The highest BCUT2D eigenvalue weighted by molar-refractivity contribution is 4.99. The summed E-state index contributed by atoms with van der Waals surface area (Å²) in [4.78, 5) is 0. The Labute approximate surface area is 94.0 Å². The van der Waals surface area contributed by atoms with Gasteiger partial charge < -0.3 is 5.32 Å². The second-order valence-electron chi connectivity index (χ2n) is 6.97. The molecule has 0 heterocycles. The highest BCUT2D eigenvalue weighted by atomic mass is 15.0. The summed E-state index contributed by atoms with van der Waals surface area (Å²) < 4.78 is 0. The Morgan fingerprint density at radius 1 is 1.00 bits per heavy atom. The van der Waals surface area contributed by atoms with Crippen LogP contribution in [0.5, 0.6) is 0 Å². The lowest BCUT2D eigenvalue weighted by molar-refractivity contribution is 0.327. The molecule has 0 aromatic rings. The summed E-state index contributed by atoms with van der Waals surface area (Å²) in [5.74, 6) is 2.11. The van der Waals surface area contributed by atoms with Crippen LogP contribution in [0.1, 0.15) is 58.8 Å². The molecule has 3 aliphatic carbocycles. The Bertz CT molecular complexity index is 226. The van der Waals surface area contributed by atoms with Crippen LogP contribution in [0, 0.1) is 17.3 Å². The van der Waals surface area contributed by atoms with Crippen molar-refractivity contribution in [1.82, 2.24) is 5.32 Å². The Balaban J connectivity index is 1.55. The van der Waals surface area contributed by atoms with Crippen molar-refractivity contribution in [2.75, 3.05) is 0 Å². The number of rotatable bonds is 4. The summed E-state index contributed by atoms with van der Waals surface area (Å²) in [7, 11) is 0. The van der Waals surface area contributed by atoms with E-state index in [0.717, 1.165) is 23.9 Å². The molecule has 3 saturated carbocycles. The molecule has 86 valence electrons. The van der Waals surface area contributed by atoms with Crippen LogP contribution in [-0.2, 0) is 0 Å². The lowest BCUT2D eigenvalue weighted by Crippen LogP contribution is -2.40. The van der Waals surface area contributed by atoms with Gasteiger partial charge in [0.2, 0.25) is 0 Å². The summed E-state index contributed by atoms with van der Waals surface area (Å²) in [6.45, 7) is 4.86. The van der Waals surface area contributed by atoms with Gasteiger partial charge in [0, 0.05) is 12.1 Å². The molecule has 1 N–H and O–H groups in total. The summed E-state index contributed by atoms with van der Waals surface area (Å²) in [6, 6.07) is 1.75. The third kappa shape index (κ3) is 2.38. The molecule has 0 saturated heterocycles. The first-order chi connectivity index (χ1) is 7.14. The van der Waals surface area contributed by atoms with Crippen LogP contribution in [-0.4, -0.2) is 12.1 Å². The van der Waals surface area contributed by atoms with Gasteiger partial charge in [-0.25, -0.2) is 0 Å². The summed E-state index contributed by atoms with van der Waals surface area (Å²) in [6.07, 6.45) is 10.3. The van der Waals surface area contributed by atoms with Gasteiger partial charge in [-0.1, -0.05) is 13.8 Å². The van der Waals surface area contributed by atoms with E-state index in [1.165, 1.54) is 44.9 Å². The molecule has 0 aliphatic heterocycles. The second-order valence-corrected chi connectivity index (χ2v) is 6.97. The minimum absolute atomic E-state index is 0.606. The van der Waals surface area contributed by atoms with Crippen molar-refractivity contribution in [3.05, 3.63) is 0 Å². The van der Waals surface area contributed by atoms with Crippen molar-refractivity contribution in [3.8, 4) is 0 Å². The van der Waals surface area contributed by atoms with Crippen molar-refractivity contribution >= 4 is 0 Å². The number of nitrogens with one attached hydrogen (secondary N) is 1. The zero-order valence-corrected chi connectivity index (χ0v) is 10.3. The Morgan fingerprint density at radius 3 is 2.00 bits per heavy atom. The van der Waals surface area contributed by atoms with Gasteiger partial charge in [-0.15, -0.1) is 0 Å². The van der Waals surface area contributed by atoms with Crippen molar-refractivity contribution in [2.45, 2.75) is 70.9 Å². The molecular formula is C14H25N. The maximum absolute atomic E-state index is 4.00. The molecule has 1 nitrogen and oxygen atoms in total. The summed E-state index contributed by atoms with van der Waals surface area (Å²) >= 11 is 0. The minimum Gasteiger partial charge on any atom is -0.311 e. The molecule has 3 rings (SSSR count). The zero-order valence-electron chi connectivity index (χ0n) is 10.3.